The summed E-state index contributed by atoms with van der Waals surface area (Å²) in [5.74, 6) is -4.55. The molecule has 0 aromatic heterocycles. The Morgan fingerprint density at radius 2 is 1.83 bits per heavy atom. The standard InChI is InChI=1S/C20H32F3N5O/c1-5-24-20(26-14(4)9-8-12-28(6-2)7-3)25-13-17(29)27-16-11-10-15(21)18(22)19(16)23/h10-11,14H,5-9,12-13H2,1-4H3,(H,27,29)(H2,24,25,26). The van der Waals surface area contributed by atoms with E-state index >= 15 is 0 Å². The van der Waals surface area contributed by atoms with Crippen LogP contribution in [0.3, 0.4) is 0 Å². The fraction of sp³-hybridized carbons (Fsp3) is 0.600. The molecular formula is C20H32F3N5O. The lowest BCUT2D eigenvalue weighted by atomic mass is 10.2. The molecule has 1 unspecified atom stereocenters. The molecule has 0 aliphatic rings. The molecule has 0 bridgehead atoms. The lowest BCUT2D eigenvalue weighted by molar-refractivity contribution is -0.114. The first kappa shape index (κ1) is 24.7. The van der Waals surface area contributed by atoms with Crippen molar-refractivity contribution in [3.8, 4) is 0 Å². The van der Waals surface area contributed by atoms with Crippen LogP contribution in [-0.4, -0.2) is 55.5 Å². The Balaban J connectivity index is 2.58. The minimum absolute atomic E-state index is 0.148. The summed E-state index contributed by atoms with van der Waals surface area (Å²) in [6.45, 7) is 11.6. The Morgan fingerprint density at radius 3 is 2.45 bits per heavy atom. The molecule has 1 rings (SSSR count). The molecule has 0 aliphatic heterocycles. The van der Waals surface area contributed by atoms with Crippen LogP contribution in [0.5, 0.6) is 0 Å². The lowest BCUT2D eigenvalue weighted by Crippen LogP contribution is -2.43. The van der Waals surface area contributed by atoms with Crippen molar-refractivity contribution in [3.05, 3.63) is 29.6 Å². The SMILES string of the molecule is CCNC(=NCC(=O)Nc1ccc(F)c(F)c1F)NC(C)CCCN(CC)CC. The van der Waals surface area contributed by atoms with Gasteiger partial charge in [-0.05, 0) is 58.5 Å². The van der Waals surface area contributed by atoms with E-state index in [0.717, 1.165) is 44.6 Å². The van der Waals surface area contributed by atoms with Crippen LogP contribution in [0.25, 0.3) is 0 Å². The molecule has 0 saturated heterocycles. The summed E-state index contributed by atoms with van der Waals surface area (Å²) >= 11 is 0. The summed E-state index contributed by atoms with van der Waals surface area (Å²) in [5, 5.41) is 8.48. The zero-order chi connectivity index (χ0) is 21.8. The predicted octanol–water partition coefficient (Wildman–Crippen LogP) is 3.11. The Kier molecular flexibility index (Phi) is 11.1. The number of carbonyl (C=O) groups excluding carboxylic acids is 1. The van der Waals surface area contributed by atoms with Crippen molar-refractivity contribution in [2.45, 2.75) is 46.6 Å². The molecule has 0 heterocycles. The predicted molar refractivity (Wildman–Crippen MR) is 111 cm³/mol. The van der Waals surface area contributed by atoms with Crippen molar-refractivity contribution in [2.75, 3.05) is 38.0 Å². The molecule has 0 saturated carbocycles. The number of amides is 1. The van der Waals surface area contributed by atoms with Gasteiger partial charge in [-0.3, -0.25) is 4.79 Å². The van der Waals surface area contributed by atoms with E-state index in [1.165, 1.54) is 0 Å². The highest BCUT2D eigenvalue weighted by molar-refractivity contribution is 5.94. The Hall–Kier alpha value is -2.29. The molecule has 29 heavy (non-hydrogen) atoms. The lowest BCUT2D eigenvalue weighted by Gasteiger charge is -2.21. The van der Waals surface area contributed by atoms with Gasteiger partial charge < -0.3 is 20.9 Å². The van der Waals surface area contributed by atoms with E-state index in [1.807, 2.05) is 13.8 Å². The van der Waals surface area contributed by atoms with E-state index in [1.54, 1.807) is 0 Å². The maximum absolute atomic E-state index is 13.6. The highest BCUT2D eigenvalue weighted by Gasteiger charge is 2.15. The molecule has 9 heteroatoms. The van der Waals surface area contributed by atoms with E-state index in [0.29, 0.717) is 12.5 Å². The third-order valence-electron chi connectivity index (χ3n) is 4.42. The molecule has 1 aromatic rings. The van der Waals surface area contributed by atoms with Crippen molar-refractivity contribution >= 4 is 17.6 Å². The largest absolute Gasteiger partial charge is 0.357 e. The number of aliphatic imine (C=N–C) groups is 1. The summed E-state index contributed by atoms with van der Waals surface area (Å²) in [6.07, 6.45) is 1.97. The van der Waals surface area contributed by atoms with Gasteiger partial charge >= 0.3 is 0 Å². The van der Waals surface area contributed by atoms with E-state index in [4.69, 9.17) is 0 Å². The average molecular weight is 416 g/mol. The van der Waals surface area contributed by atoms with E-state index in [-0.39, 0.29) is 12.6 Å². The van der Waals surface area contributed by atoms with Gasteiger partial charge in [-0.2, -0.15) is 0 Å². The van der Waals surface area contributed by atoms with Crippen molar-refractivity contribution in [2.24, 2.45) is 4.99 Å². The van der Waals surface area contributed by atoms with Crippen LogP contribution in [0.4, 0.5) is 18.9 Å². The van der Waals surface area contributed by atoms with Crippen LogP contribution in [-0.2, 0) is 4.79 Å². The Labute approximate surface area is 171 Å². The summed E-state index contributed by atoms with van der Waals surface area (Å²) in [5.41, 5.74) is -0.424. The third-order valence-corrected chi connectivity index (χ3v) is 4.42. The van der Waals surface area contributed by atoms with Crippen LogP contribution < -0.4 is 16.0 Å². The highest BCUT2D eigenvalue weighted by atomic mass is 19.2. The van der Waals surface area contributed by atoms with Crippen LogP contribution >= 0.6 is 0 Å². The number of nitrogens with one attached hydrogen (secondary N) is 3. The first-order valence-corrected chi connectivity index (χ1v) is 10.0. The summed E-state index contributed by atoms with van der Waals surface area (Å²) < 4.78 is 39.9. The van der Waals surface area contributed by atoms with Crippen LogP contribution in [0.15, 0.2) is 17.1 Å². The van der Waals surface area contributed by atoms with Gasteiger partial charge in [0.2, 0.25) is 5.91 Å². The van der Waals surface area contributed by atoms with Gasteiger partial charge in [-0.15, -0.1) is 0 Å². The number of benzene rings is 1. The second-order valence-corrected chi connectivity index (χ2v) is 6.68. The van der Waals surface area contributed by atoms with Crippen molar-refractivity contribution in [3.63, 3.8) is 0 Å². The van der Waals surface area contributed by atoms with E-state index < -0.39 is 29.0 Å². The first-order chi connectivity index (χ1) is 13.8. The fourth-order valence-electron chi connectivity index (χ4n) is 2.75. The molecule has 6 nitrogen and oxygen atoms in total. The molecule has 164 valence electrons. The maximum Gasteiger partial charge on any atom is 0.246 e. The summed E-state index contributed by atoms with van der Waals surface area (Å²) in [4.78, 5) is 18.5. The van der Waals surface area contributed by atoms with Crippen molar-refractivity contribution in [1.82, 2.24) is 15.5 Å². The topological polar surface area (TPSA) is 68.8 Å². The fourth-order valence-corrected chi connectivity index (χ4v) is 2.75. The molecule has 1 amide bonds. The van der Waals surface area contributed by atoms with Gasteiger partial charge in [0, 0.05) is 12.6 Å². The minimum Gasteiger partial charge on any atom is -0.357 e. The Bertz CT molecular complexity index is 680. The van der Waals surface area contributed by atoms with E-state index in [2.05, 4.69) is 39.7 Å². The maximum atomic E-state index is 13.6. The zero-order valence-electron chi connectivity index (χ0n) is 17.6. The average Bonchev–Trinajstić information content (AvgIpc) is 2.70. The number of nitrogens with zero attached hydrogens (tertiary/aromatic N) is 2. The minimum atomic E-state index is -1.63. The molecule has 0 aliphatic carbocycles. The molecule has 1 aromatic carbocycles. The summed E-state index contributed by atoms with van der Waals surface area (Å²) in [6, 6.07) is 1.87. The molecule has 0 spiro atoms. The quantitative estimate of drug-likeness (QED) is 0.295. The number of guanidine groups is 1. The summed E-state index contributed by atoms with van der Waals surface area (Å²) in [7, 11) is 0. The number of hydrogen-bond donors (Lipinski definition) is 3. The normalized spacial score (nSPS) is 12.8. The third kappa shape index (κ3) is 8.72. The second kappa shape index (κ2) is 13.0. The van der Waals surface area contributed by atoms with Gasteiger partial charge in [-0.25, -0.2) is 18.2 Å². The molecule has 3 N–H and O–H groups in total. The number of rotatable bonds is 11. The van der Waals surface area contributed by atoms with Crippen LogP contribution in [0.2, 0.25) is 0 Å². The number of anilines is 1. The first-order valence-electron chi connectivity index (χ1n) is 10.0. The number of hydrogen-bond acceptors (Lipinski definition) is 3. The molecule has 1 atom stereocenters. The zero-order valence-corrected chi connectivity index (χ0v) is 17.6. The van der Waals surface area contributed by atoms with Gasteiger partial charge in [0.15, 0.2) is 23.4 Å². The number of halogens is 3. The van der Waals surface area contributed by atoms with E-state index in [9.17, 15) is 18.0 Å². The van der Waals surface area contributed by atoms with Gasteiger partial charge in [0.25, 0.3) is 0 Å². The van der Waals surface area contributed by atoms with Gasteiger partial charge in [-0.1, -0.05) is 13.8 Å². The molecule has 0 radical (unpaired) electrons. The van der Waals surface area contributed by atoms with Gasteiger partial charge in [0.05, 0.1) is 5.69 Å². The van der Waals surface area contributed by atoms with Gasteiger partial charge in [0.1, 0.15) is 6.54 Å². The van der Waals surface area contributed by atoms with Crippen LogP contribution in [0.1, 0.15) is 40.5 Å². The van der Waals surface area contributed by atoms with Crippen LogP contribution in [0, 0.1) is 17.5 Å². The molecule has 0 fully saturated rings. The highest BCUT2D eigenvalue weighted by Crippen LogP contribution is 2.19. The van der Waals surface area contributed by atoms with Crippen molar-refractivity contribution in [1.29, 1.82) is 0 Å². The van der Waals surface area contributed by atoms with Crippen molar-refractivity contribution < 1.29 is 18.0 Å². The smallest absolute Gasteiger partial charge is 0.246 e. The molecular weight excluding hydrogens is 383 g/mol. The second-order valence-electron chi connectivity index (χ2n) is 6.68. The number of carbonyl (C=O) groups is 1. The monoisotopic (exact) mass is 415 g/mol. The Morgan fingerprint density at radius 1 is 1.14 bits per heavy atom.